The van der Waals surface area contributed by atoms with Crippen LogP contribution in [0, 0.1) is 0 Å². The van der Waals surface area contributed by atoms with E-state index in [1.807, 2.05) is 0 Å². The lowest BCUT2D eigenvalue weighted by Crippen LogP contribution is -2.51. The summed E-state index contributed by atoms with van der Waals surface area (Å²) in [6.45, 7) is 11.1. The van der Waals surface area contributed by atoms with Crippen LogP contribution in [0.25, 0.3) is 0 Å². The molecule has 0 aliphatic carbocycles. The number of rotatable bonds is 1. The highest BCUT2D eigenvalue weighted by atomic mass is 15.3. The third-order valence-corrected chi connectivity index (χ3v) is 4.86. The first-order chi connectivity index (χ1) is 8.16. The molecule has 0 aromatic heterocycles. The Kier molecular flexibility index (Phi) is 3.18. The van der Waals surface area contributed by atoms with Crippen molar-refractivity contribution in [1.82, 2.24) is 15.1 Å². The highest BCUT2D eigenvalue weighted by Crippen LogP contribution is 2.32. The van der Waals surface area contributed by atoms with Crippen LogP contribution in [-0.2, 0) is 0 Å². The van der Waals surface area contributed by atoms with Crippen molar-refractivity contribution < 1.29 is 0 Å². The lowest BCUT2D eigenvalue weighted by atomic mass is 10.0. The molecule has 17 heavy (non-hydrogen) atoms. The quantitative estimate of drug-likeness (QED) is 0.741. The van der Waals surface area contributed by atoms with E-state index in [9.17, 15) is 0 Å². The number of nitrogens with zero attached hydrogens (tertiary/aromatic N) is 2. The van der Waals surface area contributed by atoms with Gasteiger partial charge in [0.1, 0.15) is 0 Å². The summed E-state index contributed by atoms with van der Waals surface area (Å²) in [5.41, 5.74) is 0.294. The molecular weight excluding hydrogens is 210 g/mol. The molecule has 0 amide bonds. The van der Waals surface area contributed by atoms with Gasteiger partial charge in [0, 0.05) is 30.7 Å². The van der Waals surface area contributed by atoms with Gasteiger partial charge in [-0.3, -0.25) is 9.80 Å². The SMILES string of the molecule is CC1(C)CN(C2CCN3CCCC23)CCCN1. The zero-order valence-corrected chi connectivity index (χ0v) is 11.4. The van der Waals surface area contributed by atoms with Gasteiger partial charge in [-0.05, 0) is 59.2 Å². The molecule has 2 unspecified atom stereocenters. The lowest BCUT2D eigenvalue weighted by molar-refractivity contribution is 0.140. The van der Waals surface area contributed by atoms with Gasteiger partial charge in [0.25, 0.3) is 0 Å². The summed E-state index contributed by atoms with van der Waals surface area (Å²) in [4.78, 5) is 5.52. The van der Waals surface area contributed by atoms with Crippen molar-refractivity contribution in [2.45, 2.75) is 57.2 Å². The van der Waals surface area contributed by atoms with Crippen molar-refractivity contribution in [2.24, 2.45) is 0 Å². The lowest BCUT2D eigenvalue weighted by Gasteiger charge is -2.36. The fraction of sp³-hybridized carbons (Fsp3) is 1.00. The molecule has 3 aliphatic rings. The van der Waals surface area contributed by atoms with Gasteiger partial charge in [-0.2, -0.15) is 0 Å². The standard InChI is InChI=1S/C14H27N3/c1-14(2)11-17(9-4-7-15-14)13-6-10-16-8-3-5-12(13)16/h12-13,15H,3-11H2,1-2H3. The fourth-order valence-electron chi connectivity index (χ4n) is 4.12. The third kappa shape index (κ3) is 2.38. The Labute approximate surface area is 106 Å². The van der Waals surface area contributed by atoms with Gasteiger partial charge in [-0.1, -0.05) is 0 Å². The fourth-order valence-corrected chi connectivity index (χ4v) is 4.12. The van der Waals surface area contributed by atoms with E-state index in [-0.39, 0.29) is 0 Å². The number of fused-ring (bicyclic) bond motifs is 1. The van der Waals surface area contributed by atoms with Crippen LogP contribution < -0.4 is 5.32 Å². The second kappa shape index (κ2) is 4.52. The van der Waals surface area contributed by atoms with Gasteiger partial charge >= 0.3 is 0 Å². The van der Waals surface area contributed by atoms with Crippen molar-refractivity contribution in [3.05, 3.63) is 0 Å². The maximum Gasteiger partial charge on any atom is 0.0264 e. The Morgan fingerprint density at radius 3 is 2.59 bits per heavy atom. The van der Waals surface area contributed by atoms with Gasteiger partial charge in [-0.25, -0.2) is 0 Å². The highest BCUT2D eigenvalue weighted by Gasteiger charge is 2.41. The van der Waals surface area contributed by atoms with Gasteiger partial charge < -0.3 is 5.32 Å². The van der Waals surface area contributed by atoms with Crippen molar-refractivity contribution >= 4 is 0 Å². The highest BCUT2D eigenvalue weighted by molar-refractivity contribution is 4.99. The molecule has 0 aromatic rings. The van der Waals surface area contributed by atoms with Gasteiger partial charge in [0.2, 0.25) is 0 Å². The smallest absolute Gasteiger partial charge is 0.0264 e. The van der Waals surface area contributed by atoms with E-state index in [1.54, 1.807) is 0 Å². The molecule has 0 aromatic carbocycles. The number of hydrogen-bond acceptors (Lipinski definition) is 3. The number of nitrogens with one attached hydrogen (secondary N) is 1. The first-order valence-corrected chi connectivity index (χ1v) is 7.39. The molecule has 3 rings (SSSR count). The molecule has 1 N–H and O–H groups in total. The molecule has 0 saturated carbocycles. The molecule has 2 atom stereocenters. The van der Waals surface area contributed by atoms with Crippen molar-refractivity contribution in [1.29, 1.82) is 0 Å². The molecule has 0 bridgehead atoms. The minimum Gasteiger partial charge on any atom is -0.310 e. The Morgan fingerprint density at radius 1 is 0.941 bits per heavy atom. The summed E-state index contributed by atoms with van der Waals surface area (Å²) in [7, 11) is 0. The summed E-state index contributed by atoms with van der Waals surface area (Å²) in [5, 5.41) is 3.68. The first kappa shape index (κ1) is 11.9. The molecule has 98 valence electrons. The predicted octanol–water partition coefficient (Wildman–Crippen LogP) is 1.30. The van der Waals surface area contributed by atoms with Crippen molar-refractivity contribution in [2.75, 3.05) is 32.7 Å². The average molecular weight is 237 g/mol. The van der Waals surface area contributed by atoms with Gasteiger partial charge in [-0.15, -0.1) is 0 Å². The number of hydrogen-bond donors (Lipinski definition) is 1. The van der Waals surface area contributed by atoms with Gasteiger partial charge in [0.15, 0.2) is 0 Å². The third-order valence-electron chi connectivity index (χ3n) is 4.86. The van der Waals surface area contributed by atoms with E-state index in [0.29, 0.717) is 5.54 Å². The topological polar surface area (TPSA) is 18.5 Å². The van der Waals surface area contributed by atoms with Crippen LogP contribution in [0.2, 0.25) is 0 Å². The normalized spacial score (nSPS) is 39.2. The molecule has 3 nitrogen and oxygen atoms in total. The molecule has 0 spiro atoms. The van der Waals surface area contributed by atoms with Crippen molar-refractivity contribution in [3.8, 4) is 0 Å². The Balaban J connectivity index is 1.70. The molecular formula is C14H27N3. The van der Waals surface area contributed by atoms with E-state index in [0.717, 1.165) is 12.1 Å². The summed E-state index contributed by atoms with van der Waals surface area (Å²) < 4.78 is 0. The second-order valence-electron chi connectivity index (χ2n) is 6.74. The summed E-state index contributed by atoms with van der Waals surface area (Å²) in [6.07, 6.45) is 5.58. The average Bonchev–Trinajstić information content (AvgIpc) is 2.80. The maximum absolute atomic E-state index is 3.68. The molecule has 3 heteroatoms. The molecule has 3 heterocycles. The molecule has 3 saturated heterocycles. The van der Waals surface area contributed by atoms with Crippen LogP contribution in [0.4, 0.5) is 0 Å². The van der Waals surface area contributed by atoms with Crippen LogP contribution in [0.1, 0.15) is 39.5 Å². The van der Waals surface area contributed by atoms with Crippen LogP contribution in [0.15, 0.2) is 0 Å². The van der Waals surface area contributed by atoms with E-state index in [2.05, 4.69) is 29.0 Å². The van der Waals surface area contributed by atoms with Crippen LogP contribution >= 0.6 is 0 Å². The zero-order chi connectivity index (χ0) is 11.9. The Bertz CT molecular complexity index is 277. The van der Waals surface area contributed by atoms with Crippen LogP contribution in [0.5, 0.6) is 0 Å². The molecule has 3 aliphatic heterocycles. The zero-order valence-electron chi connectivity index (χ0n) is 11.4. The van der Waals surface area contributed by atoms with E-state index in [1.165, 1.54) is 58.4 Å². The van der Waals surface area contributed by atoms with E-state index in [4.69, 9.17) is 0 Å². The van der Waals surface area contributed by atoms with Crippen molar-refractivity contribution in [3.63, 3.8) is 0 Å². The largest absolute Gasteiger partial charge is 0.310 e. The predicted molar refractivity (Wildman–Crippen MR) is 71.3 cm³/mol. The first-order valence-electron chi connectivity index (χ1n) is 7.39. The maximum atomic E-state index is 3.68. The minimum absolute atomic E-state index is 0.294. The Morgan fingerprint density at radius 2 is 1.71 bits per heavy atom. The summed E-state index contributed by atoms with van der Waals surface area (Å²) in [5.74, 6) is 0. The van der Waals surface area contributed by atoms with Crippen LogP contribution in [-0.4, -0.2) is 60.1 Å². The molecule has 3 fully saturated rings. The van der Waals surface area contributed by atoms with E-state index < -0.39 is 0 Å². The monoisotopic (exact) mass is 237 g/mol. The Hall–Kier alpha value is -0.120. The molecule has 0 radical (unpaired) electrons. The summed E-state index contributed by atoms with van der Waals surface area (Å²) in [6, 6.07) is 1.72. The second-order valence-corrected chi connectivity index (χ2v) is 6.74. The summed E-state index contributed by atoms with van der Waals surface area (Å²) >= 11 is 0. The van der Waals surface area contributed by atoms with E-state index >= 15 is 0 Å². The van der Waals surface area contributed by atoms with Gasteiger partial charge in [0.05, 0.1) is 0 Å². The van der Waals surface area contributed by atoms with Crippen LogP contribution in [0.3, 0.4) is 0 Å². The minimum atomic E-state index is 0.294.